The molecule has 1 saturated heterocycles. The number of aliphatic hydroxyl groups is 1. The first-order valence-corrected chi connectivity index (χ1v) is 5.84. The van der Waals surface area contributed by atoms with E-state index in [-0.39, 0.29) is 6.10 Å². The molecular weight excluding hydrogens is 176 g/mol. The third kappa shape index (κ3) is 3.95. The SMILES string of the molecule is CC(O)C1CCN(CCCCCN)C1. The monoisotopic (exact) mass is 200 g/mol. The van der Waals surface area contributed by atoms with Gasteiger partial charge in [0.05, 0.1) is 6.10 Å². The van der Waals surface area contributed by atoms with Gasteiger partial charge in [0.25, 0.3) is 0 Å². The van der Waals surface area contributed by atoms with Crippen molar-refractivity contribution >= 4 is 0 Å². The summed E-state index contributed by atoms with van der Waals surface area (Å²) in [7, 11) is 0. The zero-order valence-electron chi connectivity index (χ0n) is 9.28. The van der Waals surface area contributed by atoms with Crippen LogP contribution in [-0.4, -0.2) is 42.3 Å². The Morgan fingerprint density at radius 3 is 2.79 bits per heavy atom. The van der Waals surface area contributed by atoms with Crippen molar-refractivity contribution in [3.8, 4) is 0 Å². The molecule has 0 aliphatic carbocycles. The van der Waals surface area contributed by atoms with E-state index in [0.29, 0.717) is 5.92 Å². The summed E-state index contributed by atoms with van der Waals surface area (Å²) < 4.78 is 0. The zero-order valence-corrected chi connectivity index (χ0v) is 9.28. The Morgan fingerprint density at radius 2 is 2.21 bits per heavy atom. The molecule has 0 amide bonds. The molecule has 1 heterocycles. The second-order valence-electron chi connectivity index (χ2n) is 4.44. The summed E-state index contributed by atoms with van der Waals surface area (Å²) in [5.41, 5.74) is 5.44. The number of rotatable bonds is 6. The van der Waals surface area contributed by atoms with E-state index in [1.807, 2.05) is 6.92 Å². The van der Waals surface area contributed by atoms with Crippen LogP contribution in [0.5, 0.6) is 0 Å². The van der Waals surface area contributed by atoms with Crippen molar-refractivity contribution in [3.05, 3.63) is 0 Å². The molecule has 1 aliphatic rings. The van der Waals surface area contributed by atoms with Gasteiger partial charge in [-0.3, -0.25) is 0 Å². The first-order chi connectivity index (χ1) is 6.74. The van der Waals surface area contributed by atoms with Gasteiger partial charge in [-0.2, -0.15) is 0 Å². The maximum absolute atomic E-state index is 9.44. The molecule has 1 rings (SSSR count). The minimum absolute atomic E-state index is 0.135. The molecule has 1 aliphatic heterocycles. The molecule has 14 heavy (non-hydrogen) atoms. The molecule has 1 fully saturated rings. The first kappa shape index (κ1) is 12.0. The van der Waals surface area contributed by atoms with Gasteiger partial charge in [-0.1, -0.05) is 6.42 Å². The molecule has 0 saturated carbocycles. The van der Waals surface area contributed by atoms with E-state index in [9.17, 15) is 5.11 Å². The van der Waals surface area contributed by atoms with Crippen LogP contribution in [0, 0.1) is 5.92 Å². The Labute approximate surface area is 87.3 Å². The van der Waals surface area contributed by atoms with Crippen LogP contribution in [0.4, 0.5) is 0 Å². The highest BCUT2D eigenvalue weighted by atomic mass is 16.3. The van der Waals surface area contributed by atoms with Gasteiger partial charge in [0.1, 0.15) is 0 Å². The van der Waals surface area contributed by atoms with E-state index in [2.05, 4.69) is 4.90 Å². The van der Waals surface area contributed by atoms with Crippen LogP contribution < -0.4 is 5.73 Å². The Hall–Kier alpha value is -0.120. The fourth-order valence-electron chi connectivity index (χ4n) is 2.12. The minimum atomic E-state index is -0.135. The summed E-state index contributed by atoms with van der Waals surface area (Å²) in [4.78, 5) is 2.47. The van der Waals surface area contributed by atoms with Gasteiger partial charge in [-0.15, -0.1) is 0 Å². The van der Waals surface area contributed by atoms with Crippen LogP contribution in [0.3, 0.4) is 0 Å². The van der Waals surface area contributed by atoms with Crippen molar-refractivity contribution in [3.63, 3.8) is 0 Å². The molecule has 0 aromatic heterocycles. The zero-order chi connectivity index (χ0) is 10.4. The van der Waals surface area contributed by atoms with Crippen molar-refractivity contribution in [2.45, 2.75) is 38.7 Å². The van der Waals surface area contributed by atoms with Crippen molar-refractivity contribution in [2.75, 3.05) is 26.2 Å². The van der Waals surface area contributed by atoms with Crippen LogP contribution in [0.1, 0.15) is 32.6 Å². The quantitative estimate of drug-likeness (QED) is 0.624. The highest BCUT2D eigenvalue weighted by molar-refractivity contribution is 4.78. The Bertz CT molecular complexity index is 150. The molecule has 2 atom stereocenters. The normalized spacial score (nSPS) is 25.5. The molecule has 84 valence electrons. The number of hydrogen-bond donors (Lipinski definition) is 2. The van der Waals surface area contributed by atoms with Crippen LogP contribution in [-0.2, 0) is 0 Å². The topological polar surface area (TPSA) is 49.5 Å². The van der Waals surface area contributed by atoms with Gasteiger partial charge >= 0.3 is 0 Å². The smallest absolute Gasteiger partial charge is 0.0552 e. The summed E-state index contributed by atoms with van der Waals surface area (Å²) in [5, 5.41) is 9.44. The number of nitrogens with zero attached hydrogens (tertiary/aromatic N) is 1. The maximum atomic E-state index is 9.44. The standard InChI is InChI=1S/C11H24N2O/c1-10(14)11-5-8-13(9-11)7-4-2-3-6-12/h10-11,14H,2-9,12H2,1H3. The van der Waals surface area contributed by atoms with Crippen molar-refractivity contribution in [2.24, 2.45) is 11.7 Å². The molecule has 0 radical (unpaired) electrons. The predicted molar refractivity (Wildman–Crippen MR) is 59.1 cm³/mol. The van der Waals surface area contributed by atoms with E-state index in [0.717, 1.165) is 32.5 Å². The fraction of sp³-hybridized carbons (Fsp3) is 1.00. The summed E-state index contributed by atoms with van der Waals surface area (Å²) in [6.45, 7) is 6.15. The maximum Gasteiger partial charge on any atom is 0.0552 e. The predicted octanol–water partition coefficient (Wildman–Crippen LogP) is 0.818. The largest absolute Gasteiger partial charge is 0.393 e. The van der Waals surface area contributed by atoms with Crippen LogP contribution in [0.2, 0.25) is 0 Å². The Kier molecular flexibility index (Phi) is 5.45. The lowest BCUT2D eigenvalue weighted by Crippen LogP contribution is -2.25. The van der Waals surface area contributed by atoms with Crippen molar-refractivity contribution < 1.29 is 5.11 Å². The first-order valence-electron chi connectivity index (χ1n) is 5.84. The molecule has 0 bridgehead atoms. The van der Waals surface area contributed by atoms with Crippen LogP contribution >= 0.6 is 0 Å². The summed E-state index contributed by atoms with van der Waals surface area (Å²) >= 11 is 0. The van der Waals surface area contributed by atoms with E-state index >= 15 is 0 Å². The number of hydrogen-bond acceptors (Lipinski definition) is 3. The van der Waals surface area contributed by atoms with Gasteiger partial charge < -0.3 is 15.7 Å². The molecule has 0 aromatic rings. The van der Waals surface area contributed by atoms with E-state index < -0.39 is 0 Å². The van der Waals surface area contributed by atoms with Crippen molar-refractivity contribution in [1.82, 2.24) is 4.90 Å². The molecule has 0 spiro atoms. The number of aliphatic hydroxyl groups excluding tert-OH is 1. The average Bonchev–Trinajstić information content (AvgIpc) is 2.61. The van der Waals surface area contributed by atoms with Gasteiger partial charge in [0.15, 0.2) is 0 Å². The van der Waals surface area contributed by atoms with Crippen LogP contribution in [0.15, 0.2) is 0 Å². The lowest BCUT2D eigenvalue weighted by molar-refractivity contribution is 0.127. The summed E-state index contributed by atoms with van der Waals surface area (Å²) in [5.74, 6) is 0.504. The van der Waals surface area contributed by atoms with Gasteiger partial charge in [-0.25, -0.2) is 0 Å². The molecular formula is C11H24N2O. The minimum Gasteiger partial charge on any atom is -0.393 e. The Balaban J connectivity index is 2.04. The lowest BCUT2D eigenvalue weighted by atomic mass is 10.0. The van der Waals surface area contributed by atoms with E-state index in [1.54, 1.807) is 0 Å². The second-order valence-corrected chi connectivity index (χ2v) is 4.44. The third-order valence-electron chi connectivity index (χ3n) is 3.17. The number of likely N-dealkylation sites (tertiary alicyclic amines) is 1. The molecule has 2 unspecified atom stereocenters. The van der Waals surface area contributed by atoms with E-state index in [1.165, 1.54) is 19.4 Å². The fourth-order valence-corrected chi connectivity index (χ4v) is 2.12. The van der Waals surface area contributed by atoms with Gasteiger partial charge in [0.2, 0.25) is 0 Å². The third-order valence-corrected chi connectivity index (χ3v) is 3.17. The summed E-state index contributed by atoms with van der Waals surface area (Å²) in [6, 6.07) is 0. The molecule has 3 N–H and O–H groups in total. The summed E-state index contributed by atoms with van der Waals surface area (Å²) in [6.07, 6.45) is 4.67. The highest BCUT2D eigenvalue weighted by Crippen LogP contribution is 2.19. The average molecular weight is 200 g/mol. The lowest BCUT2D eigenvalue weighted by Gasteiger charge is -2.16. The van der Waals surface area contributed by atoms with Crippen molar-refractivity contribution in [1.29, 1.82) is 0 Å². The Morgan fingerprint density at radius 1 is 1.43 bits per heavy atom. The number of nitrogens with two attached hydrogens (primary N) is 1. The van der Waals surface area contributed by atoms with Crippen LogP contribution in [0.25, 0.3) is 0 Å². The van der Waals surface area contributed by atoms with E-state index in [4.69, 9.17) is 5.73 Å². The number of unbranched alkanes of at least 4 members (excludes halogenated alkanes) is 2. The molecule has 0 aromatic carbocycles. The molecule has 3 heteroatoms. The second kappa shape index (κ2) is 6.38. The molecule has 3 nitrogen and oxygen atoms in total. The highest BCUT2D eigenvalue weighted by Gasteiger charge is 2.25. The van der Waals surface area contributed by atoms with Gasteiger partial charge in [-0.05, 0) is 51.7 Å². The van der Waals surface area contributed by atoms with Gasteiger partial charge in [0, 0.05) is 6.54 Å².